The van der Waals surface area contributed by atoms with Crippen molar-refractivity contribution >= 4 is 35.0 Å². The minimum atomic E-state index is -0.295. The van der Waals surface area contributed by atoms with Crippen molar-refractivity contribution in [2.75, 3.05) is 18.2 Å². The van der Waals surface area contributed by atoms with E-state index in [1.54, 1.807) is 35.2 Å². The van der Waals surface area contributed by atoms with E-state index in [0.717, 1.165) is 36.1 Å². The number of halogens is 1. The number of pyridine rings is 1. The van der Waals surface area contributed by atoms with Crippen LogP contribution in [0.3, 0.4) is 0 Å². The van der Waals surface area contributed by atoms with Crippen LogP contribution in [0.2, 0.25) is 5.02 Å². The number of ether oxygens (including phenoxy) is 1. The Morgan fingerprint density at radius 1 is 1.26 bits per heavy atom. The van der Waals surface area contributed by atoms with Crippen LogP contribution in [0.1, 0.15) is 23.2 Å². The molecule has 1 aliphatic rings. The predicted octanol–water partition coefficient (Wildman–Crippen LogP) is 3.57. The molecule has 9 heteroatoms. The molecule has 0 bridgehead atoms. The van der Waals surface area contributed by atoms with Crippen molar-refractivity contribution in [3.05, 3.63) is 75.1 Å². The molecule has 160 valence electrons. The fourth-order valence-corrected chi connectivity index (χ4v) is 4.69. The van der Waals surface area contributed by atoms with E-state index in [1.807, 2.05) is 12.1 Å². The summed E-state index contributed by atoms with van der Waals surface area (Å²) in [6.07, 6.45) is 6.08. The Balaban J connectivity index is 1.50. The number of aromatic nitrogens is 3. The minimum Gasteiger partial charge on any atom is -0.495 e. The molecule has 31 heavy (non-hydrogen) atoms. The fourth-order valence-electron chi connectivity index (χ4n) is 3.64. The molecule has 2 aromatic heterocycles. The number of amides is 1. The molecule has 0 spiro atoms. The molecule has 3 aromatic rings. The Labute approximate surface area is 188 Å². The second-order valence-corrected chi connectivity index (χ2v) is 8.50. The number of carbonyl (C=O) groups excluding carboxylic acids is 1. The number of benzene rings is 1. The third-order valence-corrected chi connectivity index (χ3v) is 6.32. The molecule has 1 aliphatic carbocycles. The first-order chi connectivity index (χ1) is 15.0. The lowest BCUT2D eigenvalue weighted by Gasteiger charge is -2.14. The van der Waals surface area contributed by atoms with Crippen molar-refractivity contribution < 1.29 is 9.53 Å². The van der Waals surface area contributed by atoms with Gasteiger partial charge in [0, 0.05) is 28.7 Å². The molecule has 0 saturated carbocycles. The number of methoxy groups -OCH3 is 1. The molecule has 0 unspecified atom stereocenters. The predicted molar refractivity (Wildman–Crippen MR) is 121 cm³/mol. The van der Waals surface area contributed by atoms with Gasteiger partial charge in [0.2, 0.25) is 5.91 Å². The number of rotatable bonds is 7. The number of fused-ring (bicyclic) bond motifs is 1. The number of anilines is 1. The van der Waals surface area contributed by atoms with E-state index in [2.05, 4.69) is 15.3 Å². The summed E-state index contributed by atoms with van der Waals surface area (Å²) in [6, 6.07) is 8.82. The van der Waals surface area contributed by atoms with Crippen LogP contribution in [0, 0.1) is 0 Å². The summed E-state index contributed by atoms with van der Waals surface area (Å²) < 4.78 is 7.00. The lowest BCUT2D eigenvalue weighted by atomic mass is 10.2. The van der Waals surface area contributed by atoms with Crippen LogP contribution in [0.25, 0.3) is 0 Å². The first kappa shape index (κ1) is 21.4. The van der Waals surface area contributed by atoms with Crippen LogP contribution in [0.4, 0.5) is 5.69 Å². The average molecular weight is 457 g/mol. The summed E-state index contributed by atoms with van der Waals surface area (Å²) >= 11 is 7.30. The summed E-state index contributed by atoms with van der Waals surface area (Å²) in [7, 11) is 1.53. The van der Waals surface area contributed by atoms with Gasteiger partial charge in [-0.05, 0) is 55.2 Å². The van der Waals surface area contributed by atoms with E-state index in [4.69, 9.17) is 16.3 Å². The molecule has 2 heterocycles. The molecule has 0 aliphatic heterocycles. The maximum absolute atomic E-state index is 12.8. The van der Waals surface area contributed by atoms with Crippen molar-refractivity contribution in [1.29, 1.82) is 0 Å². The van der Waals surface area contributed by atoms with Crippen LogP contribution < -0.4 is 15.7 Å². The highest BCUT2D eigenvalue weighted by atomic mass is 35.5. The van der Waals surface area contributed by atoms with Crippen LogP contribution in [-0.2, 0) is 24.2 Å². The van der Waals surface area contributed by atoms with Gasteiger partial charge in [0.25, 0.3) is 0 Å². The van der Waals surface area contributed by atoms with Gasteiger partial charge in [0.05, 0.1) is 25.1 Å². The summed E-state index contributed by atoms with van der Waals surface area (Å²) in [5.74, 6) is 0.434. The van der Waals surface area contributed by atoms with E-state index in [1.165, 1.54) is 18.9 Å². The Morgan fingerprint density at radius 2 is 2.06 bits per heavy atom. The average Bonchev–Trinajstić information content (AvgIpc) is 3.25. The van der Waals surface area contributed by atoms with Crippen molar-refractivity contribution in [1.82, 2.24) is 14.5 Å². The van der Waals surface area contributed by atoms with E-state index in [-0.39, 0.29) is 17.3 Å². The van der Waals surface area contributed by atoms with Crippen molar-refractivity contribution in [2.24, 2.45) is 0 Å². The van der Waals surface area contributed by atoms with E-state index in [9.17, 15) is 9.59 Å². The van der Waals surface area contributed by atoms with Gasteiger partial charge in [-0.2, -0.15) is 4.98 Å². The number of thioether (sulfide) groups is 1. The Morgan fingerprint density at radius 3 is 2.84 bits per heavy atom. The normalized spacial score (nSPS) is 12.5. The molecule has 0 fully saturated rings. The fraction of sp³-hybridized carbons (Fsp3) is 0.273. The van der Waals surface area contributed by atoms with Crippen LogP contribution >= 0.6 is 23.4 Å². The van der Waals surface area contributed by atoms with E-state index >= 15 is 0 Å². The third-order valence-electron chi connectivity index (χ3n) is 5.07. The zero-order valence-electron chi connectivity index (χ0n) is 16.9. The molecule has 0 radical (unpaired) electrons. The Bertz CT molecular complexity index is 1170. The standard InChI is InChI=1S/C22H21ClN4O3S/c1-30-19-6-5-15(23)11-17(19)25-20(28)13-31-21-16-3-2-4-18(16)27(22(29)26-21)12-14-7-9-24-10-8-14/h5-11H,2-4,12-13H2,1H3,(H,25,28). The largest absolute Gasteiger partial charge is 0.495 e. The zero-order chi connectivity index (χ0) is 21.8. The molecule has 1 aromatic carbocycles. The SMILES string of the molecule is COc1ccc(Cl)cc1NC(=O)CSc1nc(=O)n(Cc2ccncc2)c2c1CCC2. The van der Waals surface area contributed by atoms with E-state index < -0.39 is 0 Å². The number of hydrogen-bond acceptors (Lipinski definition) is 6. The van der Waals surface area contributed by atoms with Gasteiger partial charge in [0.15, 0.2) is 0 Å². The van der Waals surface area contributed by atoms with Gasteiger partial charge in [-0.15, -0.1) is 0 Å². The first-order valence-corrected chi connectivity index (χ1v) is 11.2. The molecule has 4 rings (SSSR count). The van der Waals surface area contributed by atoms with Gasteiger partial charge in [0.1, 0.15) is 10.8 Å². The van der Waals surface area contributed by atoms with Crippen molar-refractivity contribution in [2.45, 2.75) is 30.8 Å². The summed E-state index contributed by atoms with van der Waals surface area (Å²) in [6.45, 7) is 0.469. The molecule has 0 saturated heterocycles. The topological polar surface area (TPSA) is 86.1 Å². The second-order valence-electron chi connectivity index (χ2n) is 7.10. The highest BCUT2D eigenvalue weighted by molar-refractivity contribution is 8.00. The third kappa shape index (κ3) is 4.91. The lowest BCUT2D eigenvalue weighted by molar-refractivity contribution is -0.113. The van der Waals surface area contributed by atoms with Gasteiger partial charge in [-0.1, -0.05) is 23.4 Å². The maximum Gasteiger partial charge on any atom is 0.349 e. The minimum absolute atomic E-state index is 0.128. The maximum atomic E-state index is 12.8. The molecular formula is C22H21ClN4O3S. The number of hydrogen-bond donors (Lipinski definition) is 1. The van der Waals surface area contributed by atoms with Gasteiger partial charge in [-0.3, -0.25) is 14.3 Å². The molecule has 1 N–H and O–H groups in total. The summed E-state index contributed by atoms with van der Waals surface area (Å²) in [4.78, 5) is 33.6. The number of nitrogens with one attached hydrogen (secondary N) is 1. The van der Waals surface area contributed by atoms with Crippen LogP contribution in [-0.4, -0.2) is 33.3 Å². The smallest absolute Gasteiger partial charge is 0.349 e. The summed E-state index contributed by atoms with van der Waals surface area (Å²) in [5.41, 5.74) is 3.29. The molecule has 1 amide bonds. The molecular weight excluding hydrogens is 436 g/mol. The summed E-state index contributed by atoms with van der Waals surface area (Å²) in [5, 5.41) is 3.95. The number of carbonyl (C=O) groups is 1. The van der Waals surface area contributed by atoms with Gasteiger partial charge >= 0.3 is 5.69 Å². The zero-order valence-corrected chi connectivity index (χ0v) is 18.5. The highest BCUT2D eigenvalue weighted by Gasteiger charge is 2.22. The van der Waals surface area contributed by atoms with Gasteiger partial charge < -0.3 is 10.1 Å². The molecule has 0 atom stereocenters. The van der Waals surface area contributed by atoms with Crippen LogP contribution in [0.15, 0.2) is 52.5 Å². The van der Waals surface area contributed by atoms with Crippen molar-refractivity contribution in [3.8, 4) is 5.75 Å². The quantitative estimate of drug-likeness (QED) is 0.432. The Kier molecular flexibility index (Phi) is 6.58. The highest BCUT2D eigenvalue weighted by Crippen LogP contribution is 2.31. The molecule has 7 nitrogen and oxygen atoms in total. The van der Waals surface area contributed by atoms with Gasteiger partial charge in [-0.25, -0.2) is 4.79 Å². The Hall–Kier alpha value is -2.84. The first-order valence-electron chi connectivity index (χ1n) is 9.83. The lowest BCUT2D eigenvalue weighted by Crippen LogP contribution is -2.28. The van der Waals surface area contributed by atoms with E-state index in [0.29, 0.717) is 28.0 Å². The monoisotopic (exact) mass is 456 g/mol. The van der Waals surface area contributed by atoms with Crippen molar-refractivity contribution in [3.63, 3.8) is 0 Å². The van der Waals surface area contributed by atoms with Crippen LogP contribution in [0.5, 0.6) is 5.75 Å². The second kappa shape index (κ2) is 9.53. The number of nitrogens with zero attached hydrogens (tertiary/aromatic N) is 3.